The van der Waals surface area contributed by atoms with Crippen LogP contribution in [0.15, 0.2) is 16.3 Å². The average Bonchev–Trinajstić information content (AvgIpc) is 2.64. The highest BCUT2D eigenvalue weighted by atomic mass is 14.8. The van der Waals surface area contributed by atoms with Crippen LogP contribution in [0, 0.1) is 11.8 Å². The smallest absolute Gasteiger partial charge is 0.0370 e. The number of hydrogen-bond donors (Lipinski definition) is 0. The molecule has 1 unspecified atom stereocenters. The molecule has 1 fully saturated rings. The SMILES string of the molecule is CC1=C(C2CC2)C(C)C=N1. The van der Waals surface area contributed by atoms with Gasteiger partial charge in [0, 0.05) is 17.8 Å². The Balaban J connectivity index is 2.25. The van der Waals surface area contributed by atoms with Crippen molar-refractivity contribution >= 4 is 6.21 Å². The molecule has 1 heterocycles. The van der Waals surface area contributed by atoms with Gasteiger partial charge in [0.25, 0.3) is 0 Å². The standard InChI is InChI=1S/C9H13N/c1-6-5-10-7(2)9(6)8-3-4-8/h5-6,8H,3-4H2,1-2H3. The normalized spacial score (nSPS) is 32.0. The van der Waals surface area contributed by atoms with E-state index in [-0.39, 0.29) is 0 Å². The molecule has 0 radical (unpaired) electrons. The first-order valence-corrected chi connectivity index (χ1v) is 4.04. The van der Waals surface area contributed by atoms with Crippen molar-refractivity contribution < 1.29 is 0 Å². The molecule has 0 aromatic heterocycles. The fraction of sp³-hybridized carbons (Fsp3) is 0.667. The van der Waals surface area contributed by atoms with E-state index in [1.807, 2.05) is 0 Å². The molecule has 1 heteroatoms. The highest BCUT2D eigenvalue weighted by molar-refractivity contribution is 5.70. The summed E-state index contributed by atoms with van der Waals surface area (Å²) in [5, 5.41) is 0. The summed E-state index contributed by atoms with van der Waals surface area (Å²) in [7, 11) is 0. The molecule has 1 nitrogen and oxygen atoms in total. The molecular weight excluding hydrogens is 122 g/mol. The Kier molecular flexibility index (Phi) is 1.19. The Morgan fingerprint density at radius 2 is 2.20 bits per heavy atom. The molecule has 0 amide bonds. The van der Waals surface area contributed by atoms with Gasteiger partial charge < -0.3 is 0 Å². The lowest BCUT2D eigenvalue weighted by molar-refractivity contribution is 0.822. The number of hydrogen-bond acceptors (Lipinski definition) is 1. The fourth-order valence-corrected chi connectivity index (χ4v) is 1.77. The van der Waals surface area contributed by atoms with Gasteiger partial charge in [0.1, 0.15) is 0 Å². The molecule has 0 bridgehead atoms. The monoisotopic (exact) mass is 135 g/mol. The van der Waals surface area contributed by atoms with Crippen molar-refractivity contribution in [1.82, 2.24) is 0 Å². The summed E-state index contributed by atoms with van der Waals surface area (Å²) in [6.07, 6.45) is 4.88. The van der Waals surface area contributed by atoms with Crippen molar-refractivity contribution in [1.29, 1.82) is 0 Å². The van der Waals surface area contributed by atoms with Crippen molar-refractivity contribution in [2.45, 2.75) is 26.7 Å². The van der Waals surface area contributed by atoms with E-state index in [2.05, 4.69) is 25.1 Å². The first-order valence-electron chi connectivity index (χ1n) is 4.04. The van der Waals surface area contributed by atoms with Crippen molar-refractivity contribution in [3.05, 3.63) is 11.3 Å². The van der Waals surface area contributed by atoms with Crippen LogP contribution in [-0.2, 0) is 0 Å². The Morgan fingerprint density at radius 3 is 2.60 bits per heavy atom. The van der Waals surface area contributed by atoms with Gasteiger partial charge in [-0.3, -0.25) is 4.99 Å². The topological polar surface area (TPSA) is 12.4 Å². The predicted molar refractivity (Wildman–Crippen MR) is 43.1 cm³/mol. The number of aliphatic imine (C=N–C) groups is 1. The lowest BCUT2D eigenvalue weighted by atomic mass is 9.99. The Hall–Kier alpha value is -0.590. The Morgan fingerprint density at radius 1 is 1.50 bits per heavy atom. The minimum absolute atomic E-state index is 0.632. The Bertz CT molecular complexity index is 209. The molecule has 10 heavy (non-hydrogen) atoms. The van der Waals surface area contributed by atoms with Crippen molar-refractivity contribution in [2.75, 3.05) is 0 Å². The van der Waals surface area contributed by atoms with Gasteiger partial charge in [-0.25, -0.2) is 0 Å². The zero-order chi connectivity index (χ0) is 7.14. The van der Waals surface area contributed by atoms with E-state index in [4.69, 9.17) is 0 Å². The first-order chi connectivity index (χ1) is 4.79. The van der Waals surface area contributed by atoms with Gasteiger partial charge in [-0.05, 0) is 31.3 Å². The molecule has 54 valence electrons. The summed E-state index contributed by atoms with van der Waals surface area (Å²) in [4.78, 5) is 4.31. The molecule has 2 aliphatic rings. The molecule has 0 aromatic rings. The van der Waals surface area contributed by atoms with Gasteiger partial charge in [-0.15, -0.1) is 0 Å². The summed E-state index contributed by atoms with van der Waals surface area (Å²) in [5.74, 6) is 1.53. The maximum atomic E-state index is 4.31. The van der Waals surface area contributed by atoms with Crippen LogP contribution in [0.4, 0.5) is 0 Å². The van der Waals surface area contributed by atoms with Crippen LogP contribution in [0.1, 0.15) is 26.7 Å². The third-order valence-corrected chi connectivity index (χ3v) is 2.42. The van der Waals surface area contributed by atoms with Gasteiger partial charge in [0.2, 0.25) is 0 Å². The van der Waals surface area contributed by atoms with E-state index in [9.17, 15) is 0 Å². The van der Waals surface area contributed by atoms with Crippen molar-refractivity contribution in [3.8, 4) is 0 Å². The molecule has 1 saturated carbocycles. The van der Waals surface area contributed by atoms with Crippen molar-refractivity contribution in [2.24, 2.45) is 16.8 Å². The van der Waals surface area contributed by atoms with Crippen LogP contribution >= 0.6 is 0 Å². The third-order valence-electron chi connectivity index (χ3n) is 2.42. The van der Waals surface area contributed by atoms with Crippen LogP contribution in [-0.4, -0.2) is 6.21 Å². The van der Waals surface area contributed by atoms with Gasteiger partial charge in [-0.1, -0.05) is 6.92 Å². The maximum absolute atomic E-state index is 4.31. The van der Waals surface area contributed by atoms with E-state index in [0.717, 1.165) is 5.92 Å². The lowest BCUT2D eigenvalue weighted by Gasteiger charge is -2.04. The summed E-state index contributed by atoms with van der Waals surface area (Å²) >= 11 is 0. The zero-order valence-electron chi connectivity index (χ0n) is 6.59. The highest BCUT2D eigenvalue weighted by Crippen LogP contribution is 2.43. The van der Waals surface area contributed by atoms with Gasteiger partial charge in [-0.2, -0.15) is 0 Å². The second-order valence-electron chi connectivity index (χ2n) is 3.38. The minimum Gasteiger partial charge on any atom is -0.265 e. The summed E-state index contributed by atoms with van der Waals surface area (Å²) < 4.78 is 0. The maximum Gasteiger partial charge on any atom is 0.0370 e. The fourth-order valence-electron chi connectivity index (χ4n) is 1.77. The average molecular weight is 135 g/mol. The Labute approximate surface area is 61.9 Å². The molecule has 1 aliphatic heterocycles. The highest BCUT2D eigenvalue weighted by Gasteiger charge is 2.31. The lowest BCUT2D eigenvalue weighted by Crippen LogP contribution is -1.98. The van der Waals surface area contributed by atoms with E-state index in [1.54, 1.807) is 5.57 Å². The van der Waals surface area contributed by atoms with Crippen LogP contribution < -0.4 is 0 Å². The van der Waals surface area contributed by atoms with Crippen LogP contribution in [0.25, 0.3) is 0 Å². The summed E-state index contributed by atoms with van der Waals surface area (Å²) in [5.41, 5.74) is 2.90. The second-order valence-corrected chi connectivity index (χ2v) is 3.38. The minimum atomic E-state index is 0.632. The van der Waals surface area contributed by atoms with Gasteiger partial charge >= 0.3 is 0 Å². The van der Waals surface area contributed by atoms with E-state index in [1.165, 1.54) is 18.5 Å². The van der Waals surface area contributed by atoms with E-state index in [0.29, 0.717) is 5.92 Å². The third kappa shape index (κ3) is 0.808. The summed E-state index contributed by atoms with van der Waals surface area (Å²) in [6.45, 7) is 4.38. The van der Waals surface area contributed by atoms with Gasteiger partial charge in [0.15, 0.2) is 0 Å². The first kappa shape index (κ1) is 6.14. The molecular formula is C9H13N. The van der Waals surface area contributed by atoms with E-state index >= 15 is 0 Å². The van der Waals surface area contributed by atoms with Crippen LogP contribution in [0.3, 0.4) is 0 Å². The van der Waals surface area contributed by atoms with Crippen molar-refractivity contribution in [3.63, 3.8) is 0 Å². The summed E-state index contributed by atoms with van der Waals surface area (Å²) in [6, 6.07) is 0. The molecule has 0 spiro atoms. The van der Waals surface area contributed by atoms with Crippen LogP contribution in [0.5, 0.6) is 0 Å². The molecule has 1 atom stereocenters. The van der Waals surface area contributed by atoms with Gasteiger partial charge in [0.05, 0.1) is 0 Å². The number of rotatable bonds is 1. The van der Waals surface area contributed by atoms with Crippen LogP contribution in [0.2, 0.25) is 0 Å². The largest absolute Gasteiger partial charge is 0.265 e. The predicted octanol–water partition coefficient (Wildman–Crippen LogP) is 2.39. The molecule has 2 rings (SSSR count). The molecule has 0 saturated heterocycles. The second kappa shape index (κ2) is 1.94. The molecule has 1 aliphatic carbocycles. The number of allylic oxidation sites excluding steroid dienone is 2. The molecule has 0 N–H and O–H groups in total. The number of nitrogens with zero attached hydrogens (tertiary/aromatic N) is 1. The van der Waals surface area contributed by atoms with E-state index < -0.39 is 0 Å². The zero-order valence-corrected chi connectivity index (χ0v) is 6.59. The quantitative estimate of drug-likeness (QED) is 0.523. The molecule has 0 aromatic carbocycles.